The number of aryl methyl sites for hydroxylation is 1. The summed E-state index contributed by atoms with van der Waals surface area (Å²) in [5.41, 5.74) is 2.42. The van der Waals surface area contributed by atoms with Gasteiger partial charge in [0, 0.05) is 19.3 Å². The van der Waals surface area contributed by atoms with Crippen molar-refractivity contribution < 1.29 is 4.74 Å². The smallest absolute Gasteiger partial charge is 0.0639 e. The molecule has 15 heavy (non-hydrogen) atoms. The SMILES string of the molecule is COC(C)(C)CCNc1ccc(C)cc1. The van der Waals surface area contributed by atoms with Gasteiger partial charge < -0.3 is 10.1 Å². The Kier molecular flexibility index (Phi) is 4.15. The van der Waals surface area contributed by atoms with Gasteiger partial charge in [0.15, 0.2) is 0 Å². The molecule has 0 bridgehead atoms. The van der Waals surface area contributed by atoms with Gasteiger partial charge in [-0.2, -0.15) is 0 Å². The maximum absolute atomic E-state index is 5.35. The van der Waals surface area contributed by atoms with Crippen LogP contribution in [-0.4, -0.2) is 19.3 Å². The van der Waals surface area contributed by atoms with E-state index < -0.39 is 0 Å². The minimum Gasteiger partial charge on any atom is -0.385 e. The highest BCUT2D eigenvalue weighted by Crippen LogP contribution is 2.14. The highest BCUT2D eigenvalue weighted by atomic mass is 16.5. The molecule has 1 rings (SSSR count). The standard InChI is InChI=1S/C13H21NO/c1-11-5-7-12(8-6-11)14-10-9-13(2,3)15-4/h5-8,14H,9-10H2,1-4H3. The van der Waals surface area contributed by atoms with Crippen molar-refractivity contribution >= 4 is 5.69 Å². The molecule has 84 valence electrons. The number of hydrogen-bond donors (Lipinski definition) is 1. The molecule has 0 aliphatic rings. The molecule has 0 saturated heterocycles. The van der Waals surface area contributed by atoms with Crippen molar-refractivity contribution in [2.24, 2.45) is 0 Å². The summed E-state index contributed by atoms with van der Waals surface area (Å²) in [6.45, 7) is 7.23. The zero-order valence-corrected chi connectivity index (χ0v) is 10.1. The van der Waals surface area contributed by atoms with E-state index >= 15 is 0 Å². The van der Waals surface area contributed by atoms with Crippen molar-refractivity contribution in [1.82, 2.24) is 0 Å². The van der Waals surface area contributed by atoms with E-state index in [2.05, 4.69) is 50.4 Å². The van der Waals surface area contributed by atoms with Crippen LogP contribution in [0.1, 0.15) is 25.8 Å². The van der Waals surface area contributed by atoms with E-state index in [9.17, 15) is 0 Å². The Morgan fingerprint density at radius 3 is 2.33 bits per heavy atom. The van der Waals surface area contributed by atoms with Gasteiger partial charge in [0.05, 0.1) is 5.60 Å². The van der Waals surface area contributed by atoms with Gasteiger partial charge >= 0.3 is 0 Å². The molecule has 0 aromatic heterocycles. The summed E-state index contributed by atoms with van der Waals surface area (Å²) in [5.74, 6) is 0. The van der Waals surface area contributed by atoms with Crippen molar-refractivity contribution in [2.75, 3.05) is 19.0 Å². The molecule has 0 atom stereocenters. The third-order valence-electron chi connectivity index (χ3n) is 2.66. The molecule has 0 saturated carbocycles. The van der Waals surface area contributed by atoms with Crippen molar-refractivity contribution in [3.05, 3.63) is 29.8 Å². The van der Waals surface area contributed by atoms with Crippen LogP contribution < -0.4 is 5.32 Å². The molecule has 1 aromatic carbocycles. The van der Waals surface area contributed by atoms with Gasteiger partial charge in [-0.15, -0.1) is 0 Å². The van der Waals surface area contributed by atoms with E-state index in [1.807, 2.05) is 0 Å². The van der Waals surface area contributed by atoms with E-state index in [1.165, 1.54) is 11.3 Å². The Morgan fingerprint density at radius 2 is 1.80 bits per heavy atom. The first-order valence-electron chi connectivity index (χ1n) is 5.39. The second-order valence-electron chi connectivity index (χ2n) is 4.51. The molecule has 0 aliphatic carbocycles. The van der Waals surface area contributed by atoms with Crippen LogP contribution in [0.25, 0.3) is 0 Å². The molecule has 0 fully saturated rings. The second kappa shape index (κ2) is 5.17. The summed E-state index contributed by atoms with van der Waals surface area (Å²) in [6.07, 6.45) is 0.997. The first-order valence-corrected chi connectivity index (χ1v) is 5.39. The number of ether oxygens (including phenoxy) is 1. The lowest BCUT2D eigenvalue weighted by Crippen LogP contribution is -2.25. The van der Waals surface area contributed by atoms with Gasteiger partial charge in [0.1, 0.15) is 0 Å². The zero-order valence-electron chi connectivity index (χ0n) is 10.1. The molecule has 1 N–H and O–H groups in total. The Bertz CT molecular complexity index is 290. The van der Waals surface area contributed by atoms with Gasteiger partial charge in [-0.1, -0.05) is 17.7 Å². The van der Waals surface area contributed by atoms with Gasteiger partial charge in [0.2, 0.25) is 0 Å². The van der Waals surface area contributed by atoms with Crippen LogP contribution in [0, 0.1) is 6.92 Å². The summed E-state index contributed by atoms with van der Waals surface area (Å²) in [4.78, 5) is 0. The third-order valence-corrected chi connectivity index (χ3v) is 2.66. The van der Waals surface area contributed by atoms with E-state index in [0.717, 1.165) is 13.0 Å². The molecule has 2 heteroatoms. The normalized spacial score (nSPS) is 11.5. The fourth-order valence-electron chi connectivity index (χ4n) is 1.28. The van der Waals surface area contributed by atoms with Crippen molar-refractivity contribution in [3.63, 3.8) is 0 Å². The lowest BCUT2D eigenvalue weighted by molar-refractivity contribution is 0.0185. The summed E-state index contributed by atoms with van der Waals surface area (Å²) in [6, 6.07) is 8.44. The minimum atomic E-state index is -0.0440. The quantitative estimate of drug-likeness (QED) is 0.800. The van der Waals surface area contributed by atoms with Gasteiger partial charge in [-0.3, -0.25) is 0 Å². The Hall–Kier alpha value is -1.02. The molecule has 2 nitrogen and oxygen atoms in total. The molecule has 0 amide bonds. The molecule has 0 radical (unpaired) electrons. The molecule has 1 aromatic rings. The van der Waals surface area contributed by atoms with E-state index in [1.54, 1.807) is 7.11 Å². The highest BCUT2D eigenvalue weighted by Gasteiger charge is 2.14. The third kappa shape index (κ3) is 4.34. The summed E-state index contributed by atoms with van der Waals surface area (Å²) >= 11 is 0. The minimum absolute atomic E-state index is 0.0440. The molecular weight excluding hydrogens is 186 g/mol. The highest BCUT2D eigenvalue weighted by molar-refractivity contribution is 5.44. The Balaban J connectivity index is 2.35. The summed E-state index contributed by atoms with van der Waals surface area (Å²) in [5, 5.41) is 3.38. The predicted octanol–water partition coefficient (Wildman–Crippen LogP) is 3.22. The molecule has 0 spiro atoms. The Labute approximate surface area is 92.6 Å². The van der Waals surface area contributed by atoms with Gasteiger partial charge in [-0.25, -0.2) is 0 Å². The Morgan fingerprint density at radius 1 is 1.20 bits per heavy atom. The van der Waals surface area contributed by atoms with Crippen LogP contribution in [0.2, 0.25) is 0 Å². The largest absolute Gasteiger partial charge is 0.385 e. The van der Waals surface area contributed by atoms with Crippen LogP contribution >= 0.6 is 0 Å². The van der Waals surface area contributed by atoms with Crippen LogP contribution in [0.4, 0.5) is 5.69 Å². The van der Waals surface area contributed by atoms with Crippen LogP contribution in [0.15, 0.2) is 24.3 Å². The molecule has 0 aliphatic heterocycles. The van der Waals surface area contributed by atoms with E-state index in [-0.39, 0.29) is 5.60 Å². The van der Waals surface area contributed by atoms with E-state index in [4.69, 9.17) is 4.74 Å². The first kappa shape index (κ1) is 12.1. The molecular formula is C13H21NO. The van der Waals surface area contributed by atoms with Crippen LogP contribution in [0.3, 0.4) is 0 Å². The number of methoxy groups -OCH3 is 1. The number of hydrogen-bond acceptors (Lipinski definition) is 2. The molecule has 0 heterocycles. The first-order chi connectivity index (χ1) is 7.03. The fraction of sp³-hybridized carbons (Fsp3) is 0.538. The van der Waals surface area contributed by atoms with Crippen molar-refractivity contribution in [1.29, 1.82) is 0 Å². The van der Waals surface area contributed by atoms with Crippen LogP contribution in [0.5, 0.6) is 0 Å². The topological polar surface area (TPSA) is 21.3 Å². The maximum atomic E-state index is 5.35. The number of nitrogens with one attached hydrogen (secondary N) is 1. The monoisotopic (exact) mass is 207 g/mol. The lowest BCUT2D eigenvalue weighted by Gasteiger charge is -2.23. The maximum Gasteiger partial charge on any atom is 0.0639 e. The predicted molar refractivity (Wildman–Crippen MR) is 65.4 cm³/mol. The van der Waals surface area contributed by atoms with E-state index in [0.29, 0.717) is 0 Å². The molecule has 0 unspecified atom stereocenters. The van der Waals surface area contributed by atoms with Crippen molar-refractivity contribution in [2.45, 2.75) is 32.8 Å². The number of benzene rings is 1. The van der Waals surface area contributed by atoms with Gasteiger partial charge in [0.25, 0.3) is 0 Å². The zero-order chi connectivity index (χ0) is 11.3. The van der Waals surface area contributed by atoms with Gasteiger partial charge in [-0.05, 0) is 39.3 Å². The summed E-state index contributed by atoms with van der Waals surface area (Å²) in [7, 11) is 1.76. The number of rotatable bonds is 5. The second-order valence-corrected chi connectivity index (χ2v) is 4.51. The lowest BCUT2D eigenvalue weighted by atomic mass is 10.1. The summed E-state index contributed by atoms with van der Waals surface area (Å²) < 4.78 is 5.35. The van der Waals surface area contributed by atoms with Crippen molar-refractivity contribution in [3.8, 4) is 0 Å². The average molecular weight is 207 g/mol. The number of anilines is 1. The fourth-order valence-corrected chi connectivity index (χ4v) is 1.28. The average Bonchev–Trinajstić information content (AvgIpc) is 2.21. The van der Waals surface area contributed by atoms with Crippen LogP contribution in [-0.2, 0) is 4.74 Å².